The molecule has 0 fully saturated rings. The first-order chi connectivity index (χ1) is 15.8. The number of thioether (sulfide) groups is 1. The lowest BCUT2D eigenvalue weighted by atomic mass is 10.1. The number of fused-ring (bicyclic) bond motifs is 1. The highest BCUT2D eigenvalue weighted by Crippen LogP contribution is 2.38. The summed E-state index contributed by atoms with van der Waals surface area (Å²) in [5, 5.41) is 5.95. The minimum Gasteiger partial charge on any atom is -0.352 e. The Morgan fingerprint density at radius 1 is 1.03 bits per heavy atom. The number of carbonyl (C=O) groups is 2. The first kappa shape index (κ1) is 25.1. The van der Waals surface area contributed by atoms with Gasteiger partial charge >= 0.3 is 0 Å². The van der Waals surface area contributed by atoms with Gasteiger partial charge in [-0.25, -0.2) is 0 Å². The number of rotatable bonds is 10. The third-order valence-electron chi connectivity index (χ3n) is 5.23. The molecule has 5 nitrogen and oxygen atoms in total. The van der Waals surface area contributed by atoms with Crippen molar-refractivity contribution < 1.29 is 9.59 Å². The van der Waals surface area contributed by atoms with Gasteiger partial charge in [0.2, 0.25) is 0 Å². The number of carbonyl (C=O) groups excluding carboxylic acids is 2. The predicted molar refractivity (Wildman–Crippen MR) is 138 cm³/mol. The van der Waals surface area contributed by atoms with Crippen LogP contribution < -0.4 is 10.6 Å². The Bertz CT molecular complexity index is 973. The fourth-order valence-electron chi connectivity index (χ4n) is 3.88. The second kappa shape index (κ2) is 12.1. The maximum Gasteiger partial charge on any atom is 0.262 e. The van der Waals surface area contributed by atoms with Crippen LogP contribution in [0.2, 0.25) is 0 Å². The molecule has 0 atom stereocenters. The summed E-state index contributed by atoms with van der Waals surface area (Å²) in [6.07, 6.45) is 2.79. The Balaban J connectivity index is 1.51. The number of amides is 2. The molecule has 3 rings (SSSR count). The van der Waals surface area contributed by atoms with Crippen LogP contribution in [0, 0.1) is 11.8 Å². The summed E-state index contributed by atoms with van der Waals surface area (Å²) < 4.78 is 0. The maximum atomic E-state index is 12.5. The third kappa shape index (κ3) is 7.76. The van der Waals surface area contributed by atoms with E-state index in [0.29, 0.717) is 28.8 Å². The molecule has 2 N–H and O–H groups in total. The predicted octanol–water partition coefficient (Wildman–Crippen LogP) is 5.51. The number of nitrogens with zero attached hydrogens (tertiary/aromatic N) is 1. The Morgan fingerprint density at radius 2 is 1.70 bits per heavy atom. The Labute approximate surface area is 202 Å². The summed E-state index contributed by atoms with van der Waals surface area (Å²) in [4.78, 5) is 29.1. The molecule has 176 valence electrons. The van der Waals surface area contributed by atoms with Crippen LogP contribution >= 0.6 is 11.8 Å². The van der Waals surface area contributed by atoms with Crippen molar-refractivity contribution >= 4 is 35.3 Å². The highest BCUT2D eigenvalue weighted by atomic mass is 32.2. The minimum atomic E-state index is -0.107. The van der Waals surface area contributed by atoms with Gasteiger partial charge in [0.05, 0.1) is 10.6 Å². The van der Waals surface area contributed by atoms with E-state index in [2.05, 4.69) is 43.2 Å². The average molecular weight is 466 g/mol. The van der Waals surface area contributed by atoms with Crippen molar-refractivity contribution in [1.82, 2.24) is 10.2 Å². The van der Waals surface area contributed by atoms with E-state index >= 15 is 0 Å². The molecule has 0 aliphatic carbocycles. The van der Waals surface area contributed by atoms with Crippen LogP contribution in [0.3, 0.4) is 0 Å². The zero-order valence-corrected chi connectivity index (χ0v) is 20.9. The van der Waals surface area contributed by atoms with Gasteiger partial charge in [0.1, 0.15) is 0 Å². The van der Waals surface area contributed by atoms with Gasteiger partial charge in [-0.2, -0.15) is 0 Å². The van der Waals surface area contributed by atoms with Gasteiger partial charge in [-0.05, 0) is 60.7 Å². The van der Waals surface area contributed by atoms with Gasteiger partial charge in [-0.15, -0.1) is 0 Å². The van der Waals surface area contributed by atoms with Gasteiger partial charge in [0.25, 0.3) is 11.8 Å². The molecule has 6 heteroatoms. The van der Waals surface area contributed by atoms with Crippen molar-refractivity contribution in [3.63, 3.8) is 0 Å². The van der Waals surface area contributed by atoms with Gasteiger partial charge in [0.15, 0.2) is 0 Å². The molecule has 1 aliphatic heterocycles. The molecular weight excluding hydrogens is 430 g/mol. The summed E-state index contributed by atoms with van der Waals surface area (Å²) in [5.41, 5.74) is 2.36. The zero-order valence-electron chi connectivity index (χ0n) is 20.1. The van der Waals surface area contributed by atoms with Gasteiger partial charge in [-0.3, -0.25) is 9.59 Å². The molecular formula is C27H35N3O2S. The average Bonchev–Trinajstić information content (AvgIpc) is 2.76. The number of hydrogen-bond acceptors (Lipinski definition) is 4. The van der Waals surface area contributed by atoms with Crippen molar-refractivity contribution in [3.05, 3.63) is 64.6 Å². The standard InChI is InChI=1S/C27H35N3O2S/c1-19(2)17-30(18-20(3)4)15-7-14-28-26(31)22-12-10-21(11-13-22)16-25-27(32)29-23-8-5-6-9-24(23)33-25/h5-6,8-13,16,19-20H,7,14-15,17-18H2,1-4H3,(H,28,31)(H,29,32). The fraction of sp³-hybridized carbons (Fsp3) is 0.407. The van der Waals surface area contributed by atoms with Gasteiger partial charge in [0, 0.05) is 30.1 Å². The molecule has 2 amide bonds. The molecule has 2 aromatic carbocycles. The SMILES string of the molecule is CC(C)CN(CCCNC(=O)c1ccc(C=C2Sc3ccccc3NC2=O)cc1)CC(C)C. The van der Waals surface area contributed by atoms with E-state index in [9.17, 15) is 9.59 Å². The van der Waals surface area contributed by atoms with E-state index in [4.69, 9.17) is 0 Å². The first-order valence-corrected chi connectivity index (χ1v) is 12.5. The number of nitrogens with one attached hydrogen (secondary N) is 2. The van der Waals surface area contributed by atoms with E-state index in [1.165, 1.54) is 11.8 Å². The monoisotopic (exact) mass is 465 g/mol. The third-order valence-corrected chi connectivity index (χ3v) is 6.33. The van der Waals surface area contributed by atoms with Crippen molar-refractivity contribution in [2.45, 2.75) is 39.0 Å². The van der Waals surface area contributed by atoms with Gasteiger partial charge in [-0.1, -0.05) is 63.7 Å². The second-order valence-electron chi connectivity index (χ2n) is 9.34. The number of para-hydroxylation sites is 1. The quantitative estimate of drug-likeness (QED) is 0.359. The summed E-state index contributed by atoms with van der Waals surface area (Å²) in [6.45, 7) is 12.8. The lowest BCUT2D eigenvalue weighted by Crippen LogP contribution is -2.34. The molecule has 1 heterocycles. The van der Waals surface area contributed by atoms with Crippen LogP contribution in [-0.2, 0) is 4.79 Å². The van der Waals surface area contributed by atoms with Crippen LogP contribution in [0.1, 0.15) is 50.0 Å². The highest BCUT2D eigenvalue weighted by molar-refractivity contribution is 8.04. The number of anilines is 1. The fourth-order valence-corrected chi connectivity index (χ4v) is 4.83. The number of benzene rings is 2. The van der Waals surface area contributed by atoms with Crippen LogP contribution in [0.25, 0.3) is 6.08 Å². The lowest BCUT2D eigenvalue weighted by Gasteiger charge is -2.26. The molecule has 33 heavy (non-hydrogen) atoms. The number of hydrogen-bond donors (Lipinski definition) is 2. The summed E-state index contributed by atoms with van der Waals surface area (Å²) in [6, 6.07) is 15.1. The summed E-state index contributed by atoms with van der Waals surface area (Å²) in [5.74, 6) is 1.11. The largest absolute Gasteiger partial charge is 0.352 e. The first-order valence-electron chi connectivity index (χ1n) is 11.7. The highest BCUT2D eigenvalue weighted by Gasteiger charge is 2.20. The van der Waals surface area contributed by atoms with E-state index in [0.717, 1.165) is 42.2 Å². The Hall–Kier alpha value is -2.57. The molecule has 0 spiro atoms. The van der Waals surface area contributed by atoms with E-state index in [-0.39, 0.29) is 11.8 Å². The summed E-state index contributed by atoms with van der Waals surface area (Å²) in [7, 11) is 0. The van der Waals surface area contributed by atoms with Crippen molar-refractivity contribution in [3.8, 4) is 0 Å². The van der Waals surface area contributed by atoms with E-state index in [1.807, 2.05) is 54.6 Å². The van der Waals surface area contributed by atoms with Crippen LogP contribution in [-0.4, -0.2) is 42.9 Å². The molecule has 0 unspecified atom stereocenters. The molecule has 0 saturated heterocycles. The topological polar surface area (TPSA) is 61.4 Å². The van der Waals surface area contributed by atoms with Crippen LogP contribution in [0.4, 0.5) is 5.69 Å². The zero-order chi connectivity index (χ0) is 23.8. The Morgan fingerprint density at radius 3 is 2.36 bits per heavy atom. The molecule has 0 saturated carbocycles. The van der Waals surface area contributed by atoms with E-state index in [1.54, 1.807) is 0 Å². The Kier molecular flexibility index (Phi) is 9.15. The van der Waals surface area contributed by atoms with Gasteiger partial charge < -0.3 is 15.5 Å². The molecule has 0 bridgehead atoms. The van der Waals surface area contributed by atoms with Crippen LogP contribution in [0.15, 0.2) is 58.3 Å². The van der Waals surface area contributed by atoms with Crippen LogP contribution in [0.5, 0.6) is 0 Å². The van der Waals surface area contributed by atoms with Crippen molar-refractivity contribution in [2.75, 3.05) is 31.5 Å². The molecule has 0 radical (unpaired) electrons. The summed E-state index contributed by atoms with van der Waals surface area (Å²) >= 11 is 1.46. The lowest BCUT2D eigenvalue weighted by molar-refractivity contribution is -0.112. The maximum absolute atomic E-state index is 12.5. The second-order valence-corrected chi connectivity index (χ2v) is 10.4. The molecule has 2 aromatic rings. The smallest absolute Gasteiger partial charge is 0.262 e. The normalized spacial score (nSPS) is 14.6. The van der Waals surface area contributed by atoms with E-state index < -0.39 is 0 Å². The molecule has 1 aliphatic rings. The van der Waals surface area contributed by atoms with Crippen molar-refractivity contribution in [2.24, 2.45) is 11.8 Å². The minimum absolute atomic E-state index is 0.0628. The molecule has 0 aromatic heterocycles. The van der Waals surface area contributed by atoms with Crippen molar-refractivity contribution in [1.29, 1.82) is 0 Å².